The van der Waals surface area contributed by atoms with E-state index in [0.717, 1.165) is 16.5 Å². The van der Waals surface area contributed by atoms with E-state index in [1.165, 1.54) is 19.1 Å². The summed E-state index contributed by atoms with van der Waals surface area (Å²) in [6, 6.07) is 9.02. The third-order valence-corrected chi connectivity index (χ3v) is 5.35. The van der Waals surface area contributed by atoms with Crippen molar-refractivity contribution in [3.05, 3.63) is 52.8 Å². The van der Waals surface area contributed by atoms with Gasteiger partial charge in [0.25, 0.3) is 6.43 Å². The number of nitrogens with zero attached hydrogens (tertiary/aromatic N) is 2. The highest BCUT2D eigenvalue weighted by atomic mass is 19.3. The number of halogens is 2. The molecule has 0 saturated carbocycles. The summed E-state index contributed by atoms with van der Waals surface area (Å²) in [6.45, 7) is 9.04. The van der Waals surface area contributed by atoms with Gasteiger partial charge in [0.05, 0.1) is 11.6 Å². The van der Waals surface area contributed by atoms with Crippen LogP contribution < -0.4 is 15.4 Å². The Bertz CT molecular complexity index is 1210. The molecule has 0 spiro atoms. The standard InChI is InChI=1S/C24H25F2N4O2/c1-12(15-8-16(22(25)26)10-17(9-15)30-14(3)31)27-23-18-6-7-20-19(11-24(4,5)32-20)21(18)28-13(2)29-23/h6,8-10,12,22H,11H2,1-5H3,(H,30,31)(H,27,28,29). The highest BCUT2D eigenvalue weighted by molar-refractivity contribution is 5.93. The number of fused-ring (bicyclic) bond motifs is 3. The van der Waals surface area contributed by atoms with Crippen LogP contribution in [-0.4, -0.2) is 21.5 Å². The number of aryl methyl sites for hydroxylation is 1. The fourth-order valence-electron chi connectivity index (χ4n) is 4.00. The molecule has 0 saturated heterocycles. The first-order valence-corrected chi connectivity index (χ1v) is 10.4. The van der Waals surface area contributed by atoms with Crippen LogP contribution in [0.25, 0.3) is 10.9 Å². The SMILES string of the molecule is CC(=O)Nc1cc(C(F)F)cc(C(C)Nc2nc(C)nc3c4c([c]cc23)OC(C)(C)C4)c1. The molecule has 8 heteroatoms. The zero-order chi connectivity index (χ0) is 23.2. The van der Waals surface area contributed by atoms with E-state index >= 15 is 0 Å². The maximum Gasteiger partial charge on any atom is 0.263 e. The van der Waals surface area contributed by atoms with Gasteiger partial charge in [-0.2, -0.15) is 0 Å². The Morgan fingerprint density at radius 1 is 1.22 bits per heavy atom. The van der Waals surface area contributed by atoms with Gasteiger partial charge in [0.1, 0.15) is 23.0 Å². The Morgan fingerprint density at radius 2 is 1.94 bits per heavy atom. The van der Waals surface area contributed by atoms with Gasteiger partial charge in [0.15, 0.2) is 0 Å². The van der Waals surface area contributed by atoms with Crippen molar-refractivity contribution in [3.8, 4) is 5.75 Å². The number of nitrogens with one attached hydrogen (secondary N) is 2. The average Bonchev–Trinajstić information content (AvgIpc) is 3.01. The molecule has 0 aliphatic carbocycles. The maximum absolute atomic E-state index is 13.4. The van der Waals surface area contributed by atoms with Gasteiger partial charge in [0.2, 0.25) is 5.91 Å². The van der Waals surface area contributed by atoms with Crippen LogP contribution in [-0.2, 0) is 11.2 Å². The number of amides is 1. The normalized spacial score (nSPS) is 15.4. The van der Waals surface area contributed by atoms with Crippen molar-refractivity contribution in [1.29, 1.82) is 0 Å². The summed E-state index contributed by atoms with van der Waals surface area (Å²) in [7, 11) is 0. The van der Waals surface area contributed by atoms with Crippen molar-refractivity contribution in [2.24, 2.45) is 0 Å². The summed E-state index contributed by atoms with van der Waals surface area (Å²) in [5.74, 6) is 1.55. The van der Waals surface area contributed by atoms with Crippen LogP contribution in [0.3, 0.4) is 0 Å². The molecule has 0 fully saturated rings. The summed E-state index contributed by atoms with van der Waals surface area (Å²) in [6.07, 6.45) is -1.95. The number of aromatic nitrogens is 2. The van der Waals surface area contributed by atoms with Crippen LogP contribution >= 0.6 is 0 Å². The number of hydrogen-bond donors (Lipinski definition) is 2. The molecule has 6 nitrogen and oxygen atoms in total. The molecule has 0 bridgehead atoms. The largest absolute Gasteiger partial charge is 0.486 e. The topological polar surface area (TPSA) is 76.1 Å². The molecule has 1 unspecified atom stereocenters. The first kappa shape index (κ1) is 21.9. The summed E-state index contributed by atoms with van der Waals surface area (Å²) >= 11 is 0. The third-order valence-electron chi connectivity index (χ3n) is 5.35. The predicted octanol–water partition coefficient (Wildman–Crippen LogP) is 5.52. The number of rotatable bonds is 5. The average molecular weight is 439 g/mol. The van der Waals surface area contributed by atoms with E-state index in [4.69, 9.17) is 4.74 Å². The van der Waals surface area contributed by atoms with E-state index < -0.39 is 6.43 Å². The van der Waals surface area contributed by atoms with Crippen molar-refractivity contribution in [3.63, 3.8) is 0 Å². The summed E-state index contributed by atoms with van der Waals surface area (Å²) in [4.78, 5) is 20.6. The lowest BCUT2D eigenvalue weighted by molar-refractivity contribution is -0.114. The van der Waals surface area contributed by atoms with Crippen LogP contribution in [0.4, 0.5) is 20.3 Å². The Labute approximate surface area is 185 Å². The van der Waals surface area contributed by atoms with E-state index in [9.17, 15) is 13.6 Å². The van der Waals surface area contributed by atoms with Crippen LogP contribution in [0, 0.1) is 13.0 Å². The molecule has 32 heavy (non-hydrogen) atoms. The third kappa shape index (κ3) is 4.35. The molecule has 2 heterocycles. The quantitative estimate of drug-likeness (QED) is 0.547. The van der Waals surface area contributed by atoms with Crippen molar-refractivity contribution < 1.29 is 18.3 Å². The smallest absolute Gasteiger partial charge is 0.263 e. The zero-order valence-electron chi connectivity index (χ0n) is 18.6. The molecule has 4 rings (SSSR count). The number of ether oxygens (including phenoxy) is 1. The van der Waals surface area contributed by atoms with Crippen molar-refractivity contribution in [2.75, 3.05) is 10.6 Å². The first-order valence-electron chi connectivity index (χ1n) is 10.4. The summed E-state index contributed by atoms with van der Waals surface area (Å²) in [5, 5.41) is 6.71. The molecule has 1 amide bonds. The highest BCUT2D eigenvalue weighted by Gasteiger charge is 2.32. The molecule has 2 N–H and O–H groups in total. The Kier molecular flexibility index (Phi) is 5.48. The van der Waals surface area contributed by atoms with E-state index in [2.05, 4.69) is 26.7 Å². The first-order chi connectivity index (χ1) is 15.0. The van der Waals surface area contributed by atoms with Gasteiger partial charge < -0.3 is 15.4 Å². The Morgan fingerprint density at radius 3 is 2.62 bits per heavy atom. The van der Waals surface area contributed by atoms with Crippen LogP contribution in [0.5, 0.6) is 5.75 Å². The minimum absolute atomic E-state index is 0.158. The molecule has 1 atom stereocenters. The predicted molar refractivity (Wildman–Crippen MR) is 119 cm³/mol. The van der Waals surface area contributed by atoms with Crippen LogP contribution in [0.1, 0.15) is 62.7 Å². The van der Waals surface area contributed by atoms with Gasteiger partial charge in [-0.1, -0.05) is 0 Å². The van der Waals surface area contributed by atoms with Gasteiger partial charge in [-0.25, -0.2) is 18.7 Å². The molecule has 1 aromatic heterocycles. The maximum atomic E-state index is 13.4. The molecular weight excluding hydrogens is 414 g/mol. The molecule has 2 aromatic carbocycles. The molecule has 1 aliphatic rings. The van der Waals surface area contributed by atoms with E-state index in [-0.39, 0.29) is 23.1 Å². The van der Waals surface area contributed by atoms with Gasteiger partial charge in [0, 0.05) is 41.6 Å². The summed E-state index contributed by atoms with van der Waals surface area (Å²) < 4.78 is 32.8. The number of alkyl halides is 2. The lowest BCUT2D eigenvalue weighted by atomic mass is 9.99. The van der Waals surface area contributed by atoms with Crippen LogP contribution in [0.2, 0.25) is 0 Å². The van der Waals surface area contributed by atoms with Gasteiger partial charge >= 0.3 is 0 Å². The second-order valence-corrected chi connectivity index (χ2v) is 8.75. The molecule has 1 aliphatic heterocycles. The number of benzene rings is 2. The van der Waals surface area contributed by atoms with Gasteiger partial charge in [-0.3, -0.25) is 4.79 Å². The fraction of sp³-hybridized carbons (Fsp3) is 0.375. The molecular formula is C24H25F2N4O2. The number of hydrogen-bond acceptors (Lipinski definition) is 5. The van der Waals surface area contributed by atoms with Crippen molar-refractivity contribution in [2.45, 2.75) is 59.1 Å². The highest BCUT2D eigenvalue weighted by Crippen LogP contribution is 2.40. The lowest BCUT2D eigenvalue weighted by Gasteiger charge is -2.19. The molecule has 1 radical (unpaired) electrons. The fourth-order valence-corrected chi connectivity index (χ4v) is 4.00. The van der Waals surface area contributed by atoms with Gasteiger partial charge in [-0.15, -0.1) is 0 Å². The molecule has 3 aromatic rings. The second-order valence-electron chi connectivity index (χ2n) is 8.75. The monoisotopic (exact) mass is 439 g/mol. The van der Waals surface area contributed by atoms with E-state index in [1.807, 2.05) is 27.7 Å². The number of carbonyl (C=O) groups excluding carboxylic acids is 1. The number of anilines is 2. The van der Waals surface area contributed by atoms with Crippen molar-refractivity contribution >= 4 is 28.3 Å². The molecule has 167 valence electrons. The number of carbonyl (C=O) groups is 1. The zero-order valence-corrected chi connectivity index (χ0v) is 18.6. The van der Waals surface area contributed by atoms with Gasteiger partial charge in [-0.05, 0) is 57.5 Å². The van der Waals surface area contributed by atoms with Crippen molar-refractivity contribution in [1.82, 2.24) is 9.97 Å². The summed E-state index contributed by atoms with van der Waals surface area (Å²) in [5.41, 5.74) is 2.23. The lowest BCUT2D eigenvalue weighted by Crippen LogP contribution is -2.24. The minimum Gasteiger partial charge on any atom is -0.486 e. The van der Waals surface area contributed by atoms with E-state index in [0.29, 0.717) is 35.1 Å². The Balaban J connectivity index is 1.73. The Hall–Kier alpha value is -3.29. The minimum atomic E-state index is -2.66. The second kappa shape index (κ2) is 8.00. The van der Waals surface area contributed by atoms with Crippen LogP contribution in [0.15, 0.2) is 24.3 Å². The van der Waals surface area contributed by atoms with E-state index in [1.54, 1.807) is 12.1 Å².